The van der Waals surface area contributed by atoms with Gasteiger partial charge in [-0.05, 0) is 39.5 Å². The SMILES string of the molecule is COc1ccc(/C=N\Nc2nc(-c3cccs3)cs2)c(Br)c1OC. The summed E-state index contributed by atoms with van der Waals surface area (Å²) in [6.07, 6.45) is 1.71. The molecule has 0 saturated carbocycles. The molecule has 0 radical (unpaired) electrons. The van der Waals surface area contributed by atoms with Crippen molar-refractivity contribution in [3.8, 4) is 22.1 Å². The average molecular weight is 424 g/mol. The molecule has 1 aromatic carbocycles. The molecule has 0 bridgehead atoms. The number of benzene rings is 1. The van der Waals surface area contributed by atoms with E-state index in [-0.39, 0.29) is 0 Å². The van der Waals surface area contributed by atoms with E-state index in [0.717, 1.165) is 25.7 Å². The molecule has 0 unspecified atom stereocenters. The maximum absolute atomic E-state index is 5.35. The molecule has 0 saturated heterocycles. The standard InChI is InChI=1S/C16H14BrN3O2S2/c1-21-12-6-5-10(14(17)15(12)22-2)8-18-20-16-19-11(9-24-16)13-4-3-7-23-13/h3-9H,1-2H3,(H,19,20)/b18-8-. The molecule has 3 aromatic rings. The number of nitrogens with zero attached hydrogens (tertiary/aromatic N) is 2. The van der Waals surface area contributed by atoms with E-state index in [2.05, 4.69) is 31.4 Å². The molecule has 0 atom stereocenters. The van der Waals surface area contributed by atoms with Gasteiger partial charge in [0.05, 0.1) is 35.5 Å². The average Bonchev–Trinajstić information content (AvgIpc) is 3.27. The molecule has 0 aliphatic rings. The highest BCUT2D eigenvalue weighted by atomic mass is 79.9. The van der Waals surface area contributed by atoms with Crippen molar-refractivity contribution in [2.24, 2.45) is 5.10 Å². The van der Waals surface area contributed by atoms with E-state index in [9.17, 15) is 0 Å². The Morgan fingerprint density at radius 3 is 2.79 bits per heavy atom. The molecule has 3 rings (SSSR count). The van der Waals surface area contributed by atoms with Crippen LogP contribution in [0.15, 0.2) is 44.6 Å². The zero-order chi connectivity index (χ0) is 16.9. The number of aromatic nitrogens is 1. The summed E-state index contributed by atoms with van der Waals surface area (Å²) in [4.78, 5) is 5.66. The van der Waals surface area contributed by atoms with Crippen molar-refractivity contribution in [3.05, 3.63) is 45.1 Å². The molecule has 2 heterocycles. The molecule has 0 amide bonds. The predicted molar refractivity (Wildman–Crippen MR) is 104 cm³/mol. The quantitative estimate of drug-likeness (QED) is 0.442. The number of methoxy groups -OCH3 is 2. The lowest BCUT2D eigenvalue weighted by molar-refractivity contribution is 0.353. The first-order chi connectivity index (χ1) is 11.7. The normalized spacial score (nSPS) is 11.0. The molecule has 5 nitrogen and oxygen atoms in total. The Balaban J connectivity index is 1.73. The molecular weight excluding hydrogens is 410 g/mol. The van der Waals surface area contributed by atoms with Gasteiger partial charge in [-0.15, -0.1) is 22.7 Å². The van der Waals surface area contributed by atoms with E-state index < -0.39 is 0 Å². The molecule has 2 aromatic heterocycles. The Kier molecular flexibility index (Phi) is 5.49. The summed E-state index contributed by atoms with van der Waals surface area (Å²) in [7, 11) is 3.21. The smallest absolute Gasteiger partial charge is 0.203 e. The lowest BCUT2D eigenvalue weighted by Gasteiger charge is -2.10. The monoisotopic (exact) mass is 423 g/mol. The van der Waals surface area contributed by atoms with Gasteiger partial charge in [0.25, 0.3) is 0 Å². The van der Waals surface area contributed by atoms with Gasteiger partial charge in [0.2, 0.25) is 5.13 Å². The summed E-state index contributed by atoms with van der Waals surface area (Å²) in [6, 6.07) is 7.80. The molecule has 124 valence electrons. The molecule has 1 N–H and O–H groups in total. The van der Waals surface area contributed by atoms with E-state index in [1.807, 2.05) is 35.0 Å². The number of hydrazone groups is 1. The number of hydrogen-bond donors (Lipinski definition) is 1. The van der Waals surface area contributed by atoms with E-state index >= 15 is 0 Å². The van der Waals surface area contributed by atoms with Crippen molar-refractivity contribution in [1.82, 2.24) is 4.98 Å². The minimum Gasteiger partial charge on any atom is -0.493 e. The number of nitrogens with one attached hydrogen (secondary N) is 1. The highest BCUT2D eigenvalue weighted by Crippen LogP contribution is 2.37. The van der Waals surface area contributed by atoms with E-state index in [1.54, 1.807) is 31.8 Å². The van der Waals surface area contributed by atoms with E-state index in [4.69, 9.17) is 9.47 Å². The van der Waals surface area contributed by atoms with Crippen molar-refractivity contribution < 1.29 is 9.47 Å². The fourth-order valence-corrected chi connectivity index (χ4v) is 4.04. The van der Waals surface area contributed by atoms with Crippen LogP contribution in [0.25, 0.3) is 10.6 Å². The zero-order valence-electron chi connectivity index (χ0n) is 12.9. The van der Waals surface area contributed by atoms with Crippen LogP contribution in [-0.2, 0) is 0 Å². The molecule has 24 heavy (non-hydrogen) atoms. The second-order valence-corrected chi connectivity index (χ2v) is 7.19. The second-order valence-electron chi connectivity index (χ2n) is 4.59. The van der Waals surface area contributed by atoms with Crippen LogP contribution in [0.3, 0.4) is 0 Å². The number of thiazole rings is 1. The van der Waals surface area contributed by atoms with Crippen molar-refractivity contribution in [2.75, 3.05) is 19.6 Å². The molecule has 0 fully saturated rings. The topological polar surface area (TPSA) is 55.7 Å². The number of rotatable bonds is 6. The number of halogens is 1. The first kappa shape index (κ1) is 16.9. The van der Waals surface area contributed by atoms with Crippen LogP contribution in [0.2, 0.25) is 0 Å². The number of anilines is 1. The summed E-state index contributed by atoms with van der Waals surface area (Å²) in [6.45, 7) is 0. The fourth-order valence-electron chi connectivity index (χ4n) is 2.02. The first-order valence-corrected chi connectivity index (χ1v) is 9.47. The molecule has 0 spiro atoms. The largest absolute Gasteiger partial charge is 0.493 e. The summed E-state index contributed by atoms with van der Waals surface area (Å²) in [5.74, 6) is 1.30. The van der Waals surface area contributed by atoms with Crippen molar-refractivity contribution in [1.29, 1.82) is 0 Å². The van der Waals surface area contributed by atoms with Gasteiger partial charge in [-0.3, -0.25) is 5.43 Å². The predicted octanol–water partition coefficient (Wildman–Crippen LogP) is 5.10. The summed E-state index contributed by atoms with van der Waals surface area (Å²) < 4.78 is 11.4. The zero-order valence-corrected chi connectivity index (χ0v) is 16.2. The highest BCUT2D eigenvalue weighted by Gasteiger charge is 2.11. The summed E-state index contributed by atoms with van der Waals surface area (Å²) >= 11 is 6.69. The Hall–Kier alpha value is -1.90. The minimum absolute atomic E-state index is 0.635. The highest BCUT2D eigenvalue weighted by molar-refractivity contribution is 9.10. The fraction of sp³-hybridized carbons (Fsp3) is 0.125. The lowest BCUT2D eigenvalue weighted by Crippen LogP contribution is -1.96. The van der Waals surface area contributed by atoms with Crippen LogP contribution >= 0.6 is 38.6 Å². The second kappa shape index (κ2) is 7.78. The third-order valence-electron chi connectivity index (χ3n) is 3.16. The Labute approximate surface area is 156 Å². The van der Waals surface area contributed by atoms with Gasteiger partial charge in [-0.2, -0.15) is 5.10 Å². The van der Waals surface area contributed by atoms with Crippen LogP contribution in [0.1, 0.15) is 5.56 Å². The Morgan fingerprint density at radius 1 is 1.21 bits per heavy atom. The van der Waals surface area contributed by atoms with Crippen LogP contribution in [0.5, 0.6) is 11.5 Å². The van der Waals surface area contributed by atoms with Crippen LogP contribution in [-0.4, -0.2) is 25.4 Å². The lowest BCUT2D eigenvalue weighted by atomic mass is 10.2. The molecule has 0 aliphatic carbocycles. The van der Waals surface area contributed by atoms with Gasteiger partial charge < -0.3 is 9.47 Å². The van der Waals surface area contributed by atoms with E-state index in [0.29, 0.717) is 11.5 Å². The first-order valence-electron chi connectivity index (χ1n) is 6.92. The van der Waals surface area contributed by atoms with Gasteiger partial charge >= 0.3 is 0 Å². The van der Waals surface area contributed by atoms with Gasteiger partial charge in [-0.1, -0.05) is 6.07 Å². The van der Waals surface area contributed by atoms with Crippen LogP contribution in [0, 0.1) is 0 Å². The van der Waals surface area contributed by atoms with E-state index in [1.165, 1.54) is 11.3 Å². The molecular formula is C16H14BrN3O2S2. The number of ether oxygens (including phenoxy) is 2. The third-order valence-corrected chi connectivity index (χ3v) is 5.61. The Morgan fingerprint density at radius 2 is 2.08 bits per heavy atom. The van der Waals surface area contributed by atoms with Gasteiger partial charge in [0.15, 0.2) is 11.5 Å². The summed E-state index contributed by atoms with van der Waals surface area (Å²) in [5.41, 5.74) is 4.79. The maximum atomic E-state index is 5.35. The maximum Gasteiger partial charge on any atom is 0.203 e. The minimum atomic E-state index is 0.635. The van der Waals surface area contributed by atoms with Crippen molar-refractivity contribution in [2.45, 2.75) is 0 Å². The van der Waals surface area contributed by atoms with Gasteiger partial charge in [0, 0.05) is 10.9 Å². The number of hydrogen-bond acceptors (Lipinski definition) is 7. The molecule has 8 heteroatoms. The summed E-state index contributed by atoms with van der Waals surface area (Å²) in [5, 5.41) is 9.04. The van der Waals surface area contributed by atoms with Gasteiger partial charge in [-0.25, -0.2) is 4.98 Å². The molecule has 0 aliphatic heterocycles. The number of thiophene rings is 1. The van der Waals surface area contributed by atoms with Crippen molar-refractivity contribution >= 4 is 49.9 Å². The third kappa shape index (κ3) is 3.61. The van der Waals surface area contributed by atoms with Gasteiger partial charge in [0.1, 0.15) is 0 Å². The van der Waals surface area contributed by atoms with Crippen LogP contribution in [0.4, 0.5) is 5.13 Å². The van der Waals surface area contributed by atoms with Crippen molar-refractivity contribution in [3.63, 3.8) is 0 Å². The van der Waals surface area contributed by atoms with Crippen LogP contribution < -0.4 is 14.9 Å². The Bertz CT molecular complexity index is 847.